The zero-order valence-electron chi connectivity index (χ0n) is 19.7. The molecule has 2 aliphatic rings. The first-order valence-electron chi connectivity index (χ1n) is 11.5. The van der Waals surface area contributed by atoms with Gasteiger partial charge in [0, 0.05) is 31.1 Å². The molecule has 0 saturated carbocycles. The molecule has 0 spiro atoms. The number of unbranched alkanes of at least 4 members (excludes halogenated alkanes) is 3. The zero-order chi connectivity index (χ0) is 23.0. The minimum Gasteiger partial charge on any atom is -0.331 e. The van der Waals surface area contributed by atoms with E-state index in [1.54, 1.807) is 19.0 Å². The van der Waals surface area contributed by atoms with Crippen molar-refractivity contribution in [1.82, 2.24) is 9.91 Å². The molecule has 4 atom stereocenters. The molecule has 0 aromatic heterocycles. The maximum absolute atomic E-state index is 12.6. The number of hydrazine groups is 1. The van der Waals surface area contributed by atoms with Crippen LogP contribution >= 0.6 is 0 Å². The molecule has 31 heavy (non-hydrogen) atoms. The Bertz CT molecular complexity index is 827. The van der Waals surface area contributed by atoms with Gasteiger partial charge in [0.05, 0.1) is 6.04 Å². The van der Waals surface area contributed by atoms with E-state index in [-0.39, 0.29) is 29.2 Å². The van der Waals surface area contributed by atoms with Gasteiger partial charge in [-0.05, 0) is 56.4 Å². The van der Waals surface area contributed by atoms with Crippen molar-refractivity contribution in [3.05, 3.63) is 23.4 Å². The molecule has 0 aliphatic carbocycles. The average Bonchev–Trinajstić information content (AvgIpc) is 3.10. The Labute approximate surface area is 188 Å². The smallest absolute Gasteiger partial charge is 0.259 e. The van der Waals surface area contributed by atoms with E-state index in [0.29, 0.717) is 11.6 Å². The second-order valence-corrected chi connectivity index (χ2v) is 8.92. The Morgan fingerprint density at radius 3 is 2.61 bits per heavy atom. The molecule has 168 valence electrons. The first-order chi connectivity index (χ1) is 14.8. The number of carbonyl (C=O) groups excluding carboxylic acids is 2. The van der Waals surface area contributed by atoms with Gasteiger partial charge in [-0.15, -0.1) is 0 Å². The second kappa shape index (κ2) is 11.8. The first-order valence-corrected chi connectivity index (χ1v) is 11.5. The van der Waals surface area contributed by atoms with Gasteiger partial charge in [0.2, 0.25) is 0 Å². The fourth-order valence-electron chi connectivity index (χ4n) is 4.32. The summed E-state index contributed by atoms with van der Waals surface area (Å²) in [5, 5.41) is 1.69. The van der Waals surface area contributed by atoms with Gasteiger partial charge in [0.1, 0.15) is 5.57 Å². The fourth-order valence-corrected chi connectivity index (χ4v) is 4.32. The minimum atomic E-state index is -0.416. The molecule has 5 heteroatoms. The molecule has 0 aromatic carbocycles. The molecule has 0 aromatic rings. The van der Waals surface area contributed by atoms with E-state index in [2.05, 4.69) is 50.5 Å². The SMILES string of the molecule is CCCCCC#CC#C/C=C/CC(C)C[C@@H]1C[C@H](C)/C(=C2/C(=O)C(C)N(C)C2=O)N1N. The van der Waals surface area contributed by atoms with Crippen LogP contribution in [0.25, 0.3) is 0 Å². The van der Waals surface area contributed by atoms with E-state index in [4.69, 9.17) is 5.84 Å². The second-order valence-electron chi connectivity index (χ2n) is 8.92. The average molecular weight is 424 g/mol. The summed E-state index contributed by atoms with van der Waals surface area (Å²) < 4.78 is 0. The predicted octanol–water partition coefficient (Wildman–Crippen LogP) is 3.81. The van der Waals surface area contributed by atoms with Gasteiger partial charge in [-0.3, -0.25) is 9.59 Å². The van der Waals surface area contributed by atoms with Crippen LogP contribution in [0.2, 0.25) is 0 Å². The van der Waals surface area contributed by atoms with Crippen LogP contribution in [0.1, 0.15) is 72.6 Å². The highest BCUT2D eigenvalue weighted by molar-refractivity contribution is 6.26. The molecule has 2 heterocycles. The van der Waals surface area contributed by atoms with Crippen LogP contribution in [0.3, 0.4) is 0 Å². The van der Waals surface area contributed by atoms with Crippen molar-refractivity contribution >= 4 is 11.7 Å². The maximum Gasteiger partial charge on any atom is 0.259 e. The Hall–Kier alpha value is -2.50. The lowest BCUT2D eigenvalue weighted by Gasteiger charge is -2.25. The fraction of sp³-hybridized carbons (Fsp3) is 0.615. The summed E-state index contributed by atoms with van der Waals surface area (Å²) in [7, 11) is 1.67. The van der Waals surface area contributed by atoms with Gasteiger partial charge < -0.3 is 9.91 Å². The quantitative estimate of drug-likeness (QED) is 0.222. The molecule has 2 rings (SSSR count). The lowest BCUT2D eigenvalue weighted by atomic mass is 9.94. The number of rotatable bonds is 7. The van der Waals surface area contributed by atoms with E-state index < -0.39 is 6.04 Å². The molecule has 2 aliphatic heterocycles. The lowest BCUT2D eigenvalue weighted by molar-refractivity contribution is -0.125. The number of likely N-dealkylation sites (tertiary alicyclic amines) is 1. The van der Waals surface area contributed by atoms with E-state index in [1.165, 1.54) is 17.7 Å². The lowest BCUT2D eigenvalue weighted by Crippen LogP contribution is -2.37. The molecule has 2 saturated heterocycles. The highest BCUT2D eigenvalue weighted by Gasteiger charge is 2.45. The first kappa shape index (κ1) is 24.8. The summed E-state index contributed by atoms with van der Waals surface area (Å²) in [6.45, 7) is 8.19. The number of Topliss-reactive ketones (excluding diaryl/α,β-unsaturated/α-hetero) is 1. The summed E-state index contributed by atoms with van der Waals surface area (Å²) in [5.74, 6) is 18.4. The standard InChI is InChI=1S/C26H37N3O2/c1-6-7-8-9-10-11-12-13-14-15-16-19(2)17-22-18-20(3)24(29(22)27)23-25(30)21(4)28(5)26(23)31/h14-15,19-22H,6-9,16-18,27H2,1-5H3/b15-14+,24-23+/t19?,20-,21?,22+/m0/s1. The Balaban J connectivity index is 1.90. The van der Waals surface area contributed by atoms with Gasteiger partial charge in [-0.25, -0.2) is 5.84 Å². The molecular formula is C26H37N3O2. The van der Waals surface area contributed by atoms with Crippen molar-refractivity contribution in [1.29, 1.82) is 0 Å². The van der Waals surface area contributed by atoms with Crippen molar-refractivity contribution in [2.45, 2.75) is 84.7 Å². The third kappa shape index (κ3) is 6.25. The van der Waals surface area contributed by atoms with Crippen LogP contribution in [0.5, 0.6) is 0 Å². The Kier molecular flexibility index (Phi) is 9.41. The molecule has 2 fully saturated rings. The normalized spacial score (nSPS) is 26.8. The van der Waals surface area contributed by atoms with Crippen molar-refractivity contribution in [2.75, 3.05) is 7.05 Å². The van der Waals surface area contributed by atoms with Gasteiger partial charge in [-0.2, -0.15) is 0 Å². The predicted molar refractivity (Wildman–Crippen MR) is 125 cm³/mol. The highest BCUT2D eigenvalue weighted by atomic mass is 16.2. The van der Waals surface area contributed by atoms with Crippen LogP contribution < -0.4 is 5.84 Å². The van der Waals surface area contributed by atoms with Crippen LogP contribution in [0.15, 0.2) is 23.4 Å². The van der Waals surface area contributed by atoms with Crippen molar-refractivity contribution in [3.8, 4) is 23.7 Å². The third-order valence-electron chi connectivity index (χ3n) is 6.30. The molecule has 0 bridgehead atoms. The number of likely N-dealkylation sites (N-methyl/N-ethyl adjacent to an activating group) is 1. The highest BCUT2D eigenvalue weighted by Crippen LogP contribution is 2.38. The summed E-state index contributed by atoms with van der Waals surface area (Å²) in [6, 6.07) is -0.288. The number of nitrogens with zero attached hydrogens (tertiary/aromatic N) is 2. The van der Waals surface area contributed by atoms with Gasteiger partial charge in [-0.1, -0.05) is 51.5 Å². The molecule has 0 radical (unpaired) electrons. The Morgan fingerprint density at radius 2 is 1.97 bits per heavy atom. The van der Waals surface area contributed by atoms with Crippen molar-refractivity contribution in [2.24, 2.45) is 17.7 Å². The van der Waals surface area contributed by atoms with Gasteiger partial charge in [0.25, 0.3) is 5.91 Å². The number of allylic oxidation sites excluding steroid dienone is 3. The summed E-state index contributed by atoms with van der Waals surface area (Å²) in [6.07, 6.45) is 11.1. The topological polar surface area (TPSA) is 66.6 Å². The number of carbonyl (C=O) groups is 2. The summed E-state index contributed by atoms with van der Waals surface area (Å²) >= 11 is 0. The van der Waals surface area contributed by atoms with Crippen LogP contribution in [-0.4, -0.2) is 40.7 Å². The maximum atomic E-state index is 12.6. The summed E-state index contributed by atoms with van der Waals surface area (Å²) in [4.78, 5) is 26.7. The molecule has 2 N–H and O–H groups in total. The van der Waals surface area contributed by atoms with Crippen LogP contribution in [0, 0.1) is 35.5 Å². The van der Waals surface area contributed by atoms with E-state index in [1.807, 2.05) is 6.08 Å². The van der Waals surface area contributed by atoms with Gasteiger partial charge >= 0.3 is 0 Å². The van der Waals surface area contributed by atoms with E-state index in [0.717, 1.165) is 32.1 Å². The third-order valence-corrected chi connectivity index (χ3v) is 6.30. The van der Waals surface area contributed by atoms with E-state index in [9.17, 15) is 9.59 Å². The van der Waals surface area contributed by atoms with Crippen molar-refractivity contribution < 1.29 is 9.59 Å². The summed E-state index contributed by atoms with van der Waals surface area (Å²) in [5.41, 5.74) is 0.994. The number of hydrogen-bond acceptors (Lipinski definition) is 4. The van der Waals surface area contributed by atoms with E-state index >= 15 is 0 Å². The van der Waals surface area contributed by atoms with Crippen LogP contribution in [-0.2, 0) is 9.59 Å². The molecule has 2 unspecified atom stereocenters. The zero-order valence-corrected chi connectivity index (χ0v) is 19.7. The van der Waals surface area contributed by atoms with Crippen LogP contribution in [0.4, 0.5) is 0 Å². The number of nitrogens with two attached hydrogens (primary N) is 1. The molecule has 5 nitrogen and oxygen atoms in total. The minimum absolute atomic E-state index is 0.0982. The largest absolute Gasteiger partial charge is 0.331 e. The molecule has 1 amide bonds. The Morgan fingerprint density at radius 1 is 1.23 bits per heavy atom. The van der Waals surface area contributed by atoms with Gasteiger partial charge in [0.15, 0.2) is 5.78 Å². The number of amides is 1. The molecular weight excluding hydrogens is 386 g/mol. The van der Waals surface area contributed by atoms with Crippen molar-refractivity contribution in [3.63, 3.8) is 0 Å². The number of ketones is 1. The monoisotopic (exact) mass is 423 g/mol. The number of hydrogen-bond donors (Lipinski definition) is 1.